The highest BCUT2D eigenvalue weighted by molar-refractivity contribution is 7.21. The number of hydrogen-bond donors (Lipinski definition) is 1. The topological polar surface area (TPSA) is 62.5 Å². The molecule has 0 bridgehead atoms. The second kappa shape index (κ2) is 8.00. The fourth-order valence-electron chi connectivity index (χ4n) is 4.77. The summed E-state index contributed by atoms with van der Waals surface area (Å²) in [4.78, 5) is 24.0. The number of hydrogen-bond acceptors (Lipinski definition) is 5. The van der Waals surface area contributed by atoms with Gasteiger partial charge in [0.05, 0.1) is 5.69 Å². The first-order chi connectivity index (χ1) is 14.6. The molecule has 1 atom stereocenters. The van der Waals surface area contributed by atoms with Gasteiger partial charge in [0.25, 0.3) is 5.91 Å². The van der Waals surface area contributed by atoms with Crippen molar-refractivity contribution in [2.24, 2.45) is 0 Å². The highest BCUT2D eigenvalue weighted by atomic mass is 32.1. The van der Waals surface area contributed by atoms with Gasteiger partial charge in [-0.25, -0.2) is 4.98 Å². The van der Waals surface area contributed by atoms with Crippen LogP contribution < -0.4 is 5.73 Å². The molecule has 1 fully saturated rings. The fraction of sp³-hybridized carbons (Fsp3) is 0.417. The lowest BCUT2D eigenvalue weighted by Gasteiger charge is -2.33. The molecule has 156 valence electrons. The Morgan fingerprint density at radius 2 is 1.97 bits per heavy atom. The number of carbonyl (C=O) groups excluding carboxylic acids is 1. The molecule has 5 nitrogen and oxygen atoms in total. The van der Waals surface area contributed by atoms with Crippen LogP contribution in [-0.4, -0.2) is 53.4 Å². The normalized spacial score (nSPS) is 19.8. The Morgan fingerprint density at radius 1 is 1.20 bits per heavy atom. The summed E-state index contributed by atoms with van der Waals surface area (Å²) in [6, 6.07) is 12.9. The van der Waals surface area contributed by atoms with Gasteiger partial charge in [0.2, 0.25) is 0 Å². The van der Waals surface area contributed by atoms with Gasteiger partial charge in [-0.3, -0.25) is 4.79 Å². The number of piperazine rings is 1. The van der Waals surface area contributed by atoms with Gasteiger partial charge in [-0.15, -0.1) is 11.3 Å². The molecule has 6 heteroatoms. The number of benzene rings is 1. The second-order valence-electron chi connectivity index (χ2n) is 8.37. The standard InChI is InChI=1S/C24H28N4OS/c1-2-27-10-12-28(13-11-27)24(29)22-21(25)19-15-18-14-17(16-6-4-3-5-7-16)8-9-20(18)26-23(19)30-22/h3-7,15,17H,2,8-14,25H2,1H3. The van der Waals surface area contributed by atoms with E-state index in [1.807, 2.05) is 4.90 Å². The summed E-state index contributed by atoms with van der Waals surface area (Å²) in [5, 5.41) is 0.947. The van der Waals surface area contributed by atoms with E-state index in [-0.39, 0.29) is 5.91 Å². The molecule has 1 aliphatic heterocycles. The summed E-state index contributed by atoms with van der Waals surface area (Å²) >= 11 is 1.46. The smallest absolute Gasteiger partial charge is 0.266 e. The predicted octanol–water partition coefficient (Wildman–Crippen LogP) is 3.93. The molecule has 1 saturated heterocycles. The maximum Gasteiger partial charge on any atom is 0.266 e. The summed E-state index contributed by atoms with van der Waals surface area (Å²) in [6.45, 7) is 6.59. The first-order valence-corrected chi connectivity index (χ1v) is 11.7. The van der Waals surface area contributed by atoms with Crippen LogP contribution in [0.1, 0.15) is 45.8 Å². The summed E-state index contributed by atoms with van der Waals surface area (Å²) < 4.78 is 0. The lowest BCUT2D eigenvalue weighted by molar-refractivity contribution is 0.0649. The van der Waals surface area contributed by atoms with Gasteiger partial charge < -0.3 is 15.5 Å². The zero-order valence-electron chi connectivity index (χ0n) is 17.4. The van der Waals surface area contributed by atoms with E-state index < -0.39 is 0 Å². The van der Waals surface area contributed by atoms with Crippen molar-refractivity contribution in [3.63, 3.8) is 0 Å². The van der Waals surface area contributed by atoms with Crippen LogP contribution in [0, 0.1) is 0 Å². The molecule has 2 N–H and O–H groups in total. The van der Waals surface area contributed by atoms with E-state index in [1.54, 1.807) is 0 Å². The Labute approximate surface area is 181 Å². The summed E-state index contributed by atoms with van der Waals surface area (Å²) in [7, 11) is 0. The van der Waals surface area contributed by atoms with Crippen LogP contribution in [0.3, 0.4) is 0 Å². The minimum Gasteiger partial charge on any atom is -0.397 e. The lowest BCUT2D eigenvalue weighted by Crippen LogP contribution is -2.48. The molecule has 2 aromatic heterocycles. The van der Waals surface area contributed by atoms with E-state index in [4.69, 9.17) is 10.7 Å². The van der Waals surface area contributed by atoms with E-state index in [0.29, 0.717) is 16.5 Å². The summed E-state index contributed by atoms with van der Waals surface area (Å²) in [6.07, 6.45) is 3.08. The van der Waals surface area contributed by atoms with E-state index >= 15 is 0 Å². The maximum absolute atomic E-state index is 13.2. The number of anilines is 1. The second-order valence-corrected chi connectivity index (χ2v) is 9.37. The average molecular weight is 421 g/mol. The van der Waals surface area contributed by atoms with Gasteiger partial charge in [0, 0.05) is 37.3 Å². The lowest BCUT2D eigenvalue weighted by atomic mass is 9.82. The van der Waals surface area contributed by atoms with Crippen molar-refractivity contribution >= 4 is 33.1 Å². The average Bonchev–Trinajstić information content (AvgIpc) is 3.12. The summed E-state index contributed by atoms with van der Waals surface area (Å²) in [5.74, 6) is 0.583. The van der Waals surface area contributed by atoms with Crippen molar-refractivity contribution in [3.05, 3.63) is 58.1 Å². The minimum absolute atomic E-state index is 0.0615. The van der Waals surface area contributed by atoms with E-state index in [1.165, 1.54) is 28.2 Å². The zero-order valence-corrected chi connectivity index (χ0v) is 18.3. The number of nitrogens with zero attached hydrogens (tertiary/aromatic N) is 3. The van der Waals surface area contributed by atoms with Crippen molar-refractivity contribution in [2.75, 3.05) is 38.5 Å². The number of amides is 1. The first-order valence-electron chi connectivity index (χ1n) is 10.9. The molecule has 1 unspecified atom stereocenters. The number of nitrogens with two attached hydrogens (primary N) is 1. The number of fused-ring (bicyclic) bond motifs is 2. The molecule has 0 spiro atoms. The number of rotatable bonds is 3. The number of carbonyl (C=O) groups is 1. The number of pyridine rings is 1. The van der Waals surface area contributed by atoms with Gasteiger partial charge in [-0.2, -0.15) is 0 Å². The molecule has 0 saturated carbocycles. The Balaban J connectivity index is 1.42. The van der Waals surface area contributed by atoms with Crippen LogP contribution in [0.2, 0.25) is 0 Å². The van der Waals surface area contributed by atoms with Gasteiger partial charge in [0.1, 0.15) is 9.71 Å². The molecular formula is C24H28N4OS. The van der Waals surface area contributed by atoms with Crippen LogP contribution in [0.5, 0.6) is 0 Å². The molecule has 3 heterocycles. The maximum atomic E-state index is 13.2. The van der Waals surface area contributed by atoms with Crippen LogP contribution in [-0.2, 0) is 12.8 Å². The quantitative estimate of drug-likeness (QED) is 0.697. The molecule has 3 aromatic rings. The molecule has 0 radical (unpaired) electrons. The Bertz CT molecular complexity index is 1070. The highest BCUT2D eigenvalue weighted by Gasteiger charge is 2.27. The summed E-state index contributed by atoms with van der Waals surface area (Å²) in [5.41, 5.74) is 10.9. The van der Waals surface area contributed by atoms with Crippen LogP contribution in [0.15, 0.2) is 36.4 Å². The van der Waals surface area contributed by atoms with Crippen molar-refractivity contribution in [1.29, 1.82) is 0 Å². The number of likely N-dealkylation sites (N-methyl/N-ethyl adjacent to an activating group) is 1. The van der Waals surface area contributed by atoms with Crippen molar-refractivity contribution < 1.29 is 4.79 Å². The molecule has 5 rings (SSSR count). The van der Waals surface area contributed by atoms with Gasteiger partial charge in [-0.1, -0.05) is 37.3 Å². The Morgan fingerprint density at radius 3 is 2.70 bits per heavy atom. The van der Waals surface area contributed by atoms with Crippen LogP contribution >= 0.6 is 11.3 Å². The Hall–Kier alpha value is -2.44. The number of nitrogen functional groups attached to an aromatic ring is 1. The third-order valence-electron chi connectivity index (χ3n) is 6.66. The van der Waals surface area contributed by atoms with Gasteiger partial charge >= 0.3 is 0 Å². The van der Waals surface area contributed by atoms with Gasteiger partial charge in [0.15, 0.2) is 0 Å². The Kier molecular flexibility index (Phi) is 5.21. The molecule has 1 aliphatic carbocycles. The predicted molar refractivity (Wildman–Crippen MR) is 123 cm³/mol. The SMILES string of the molecule is CCN1CCN(C(=O)c2sc3nc4c(cc3c2N)CC(c2ccccc2)CC4)CC1. The molecule has 30 heavy (non-hydrogen) atoms. The van der Waals surface area contributed by atoms with Crippen molar-refractivity contribution in [3.8, 4) is 0 Å². The fourth-order valence-corrected chi connectivity index (χ4v) is 5.83. The van der Waals surface area contributed by atoms with Crippen molar-refractivity contribution in [2.45, 2.75) is 32.1 Å². The van der Waals surface area contributed by atoms with Gasteiger partial charge in [-0.05, 0) is 48.9 Å². The molecule has 1 amide bonds. The van der Waals surface area contributed by atoms with E-state index in [9.17, 15) is 4.79 Å². The molecule has 1 aromatic carbocycles. The number of aromatic nitrogens is 1. The van der Waals surface area contributed by atoms with Crippen LogP contribution in [0.4, 0.5) is 5.69 Å². The third-order valence-corrected chi connectivity index (χ3v) is 7.76. The van der Waals surface area contributed by atoms with Crippen LogP contribution in [0.25, 0.3) is 10.2 Å². The monoisotopic (exact) mass is 420 g/mol. The highest BCUT2D eigenvalue weighted by Crippen LogP contribution is 2.38. The number of thiophene rings is 1. The zero-order chi connectivity index (χ0) is 20.7. The molecular weight excluding hydrogens is 392 g/mol. The van der Waals surface area contributed by atoms with E-state index in [2.05, 4.69) is 48.2 Å². The molecule has 2 aliphatic rings. The first kappa shape index (κ1) is 19.5. The minimum atomic E-state index is 0.0615. The third kappa shape index (κ3) is 3.48. The number of aryl methyl sites for hydroxylation is 1. The van der Waals surface area contributed by atoms with E-state index in [0.717, 1.165) is 62.2 Å². The largest absolute Gasteiger partial charge is 0.397 e. The van der Waals surface area contributed by atoms with Crippen molar-refractivity contribution in [1.82, 2.24) is 14.8 Å².